The van der Waals surface area contributed by atoms with Crippen LogP contribution in [-0.4, -0.2) is 3.21 Å². The van der Waals surface area contributed by atoms with Crippen molar-refractivity contribution in [2.45, 2.75) is 54.4 Å². The second-order valence-corrected chi connectivity index (χ2v) is 18.3. The molecule has 2 aliphatic carbocycles. The van der Waals surface area contributed by atoms with Crippen LogP contribution in [0.1, 0.15) is 67.5 Å². The molecule has 200 valence electrons. The Morgan fingerprint density at radius 2 is 1.43 bits per heavy atom. The fourth-order valence-electron chi connectivity index (χ4n) is 6.64. The molecule has 1 unspecified atom stereocenters. The second-order valence-electron chi connectivity index (χ2n) is 12.6. The Morgan fingerprint density at radius 1 is 0.800 bits per heavy atom. The van der Waals surface area contributed by atoms with Gasteiger partial charge in [-0.25, -0.2) is 0 Å². The van der Waals surface area contributed by atoms with Crippen LogP contribution in [-0.2, 0) is 27.7 Å². The number of aryl methyl sites for hydroxylation is 2. The number of allylic oxidation sites excluding steroid dienone is 4. The maximum absolute atomic E-state index is 2.76. The summed E-state index contributed by atoms with van der Waals surface area (Å²) in [5.74, 6) is 0.507. The van der Waals surface area contributed by atoms with E-state index in [4.69, 9.17) is 0 Å². The Hall–Kier alpha value is -2.89. The third-order valence-corrected chi connectivity index (χ3v) is 17.0. The van der Waals surface area contributed by atoms with Crippen LogP contribution < -0.4 is 3.27 Å². The molecule has 1 atom stereocenters. The standard InChI is InChI=1S/C15H13.C13H10.C11H17.Zr/c1-10-3-5-14-12(7-10)9-13-8-11(2)4-6-15(13)14;1-3-7-12(8-4-1)11-13-9-5-2-6-10-13;1-5-9-6-7-10(8-9)11(2,3)4;/h3-7H,9H2,1-2H3;1-10H;7-9H,5H2,1-4H3;. The zero-order valence-electron chi connectivity index (χ0n) is 24.8. The first kappa shape index (κ1) is 27.3. The van der Waals surface area contributed by atoms with Crippen molar-refractivity contribution in [2.24, 2.45) is 11.3 Å². The molecule has 0 N–H and O–H groups in total. The van der Waals surface area contributed by atoms with Gasteiger partial charge in [-0.1, -0.05) is 0 Å². The van der Waals surface area contributed by atoms with E-state index in [1.54, 1.807) is 15.3 Å². The summed E-state index contributed by atoms with van der Waals surface area (Å²) in [5.41, 5.74) is 13.3. The van der Waals surface area contributed by atoms with E-state index in [-0.39, 0.29) is 5.41 Å². The van der Waals surface area contributed by atoms with Gasteiger partial charge in [-0.05, 0) is 0 Å². The molecule has 0 aromatic heterocycles. The maximum atomic E-state index is 2.65. The minimum absolute atomic E-state index is 0.143. The van der Waals surface area contributed by atoms with Crippen molar-refractivity contribution >= 4 is 6.48 Å². The predicted octanol–water partition coefficient (Wildman–Crippen LogP) is 9.28. The molecule has 6 rings (SSSR count). The average Bonchev–Trinajstić information content (AvgIpc) is 3.54. The average molecular weight is 600 g/mol. The molecule has 0 amide bonds. The van der Waals surface area contributed by atoms with Crippen LogP contribution in [0.3, 0.4) is 0 Å². The number of fused-ring (bicyclic) bond motifs is 3. The molecule has 0 radical (unpaired) electrons. The summed E-state index contributed by atoms with van der Waals surface area (Å²) in [6, 6.07) is 34.5. The van der Waals surface area contributed by atoms with Crippen LogP contribution in [0.4, 0.5) is 0 Å². The third kappa shape index (κ3) is 4.92. The van der Waals surface area contributed by atoms with Gasteiger partial charge in [0.2, 0.25) is 0 Å². The SMILES string of the molecule is CCC1C=C(C(C)(C)C)C=[C]1[Zr](=[C](c1ccccc1)c1ccccc1)[c]1c(C)ccc2c1Cc1cc(C)ccc1-2. The zero-order valence-corrected chi connectivity index (χ0v) is 27.3. The van der Waals surface area contributed by atoms with E-state index in [2.05, 4.69) is 145 Å². The summed E-state index contributed by atoms with van der Waals surface area (Å²) < 4.78 is 5.05. The summed E-state index contributed by atoms with van der Waals surface area (Å²) in [6.45, 7) is 14.1. The number of hydrogen-bond donors (Lipinski definition) is 0. The van der Waals surface area contributed by atoms with Crippen molar-refractivity contribution in [2.75, 3.05) is 0 Å². The van der Waals surface area contributed by atoms with Gasteiger partial charge >= 0.3 is 250 Å². The minimum atomic E-state index is -2.76. The monoisotopic (exact) mass is 598 g/mol. The van der Waals surface area contributed by atoms with E-state index in [0.717, 1.165) is 12.8 Å². The molecule has 0 bridgehead atoms. The van der Waals surface area contributed by atoms with Crippen LogP contribution in [0.5, 0.6) is 0 Å². The third-order valence-electron chi connectivity index (χ3n) is 8.75. The molecule has 0 nitrogen and oxygen atoms in total. The van der Waals surface area contributed by atoms with Crippen molar-refractivity contribution in [3.8, 4) is 11.1 Å². The van der Waals surface area contributed by atoms with Crippen LogP contribution >= 0.6 is 0 Å². The molecular formula is C39H40Zr. The first-order valence-electron chi connectivity index (χ1n) is 14.8. The first-order valence-corrected chi connectivity index (χ1v) is 18.5. The van der Waals surface area contributed by atoms with Gasteiger partial charge in [0.1, 0.15) is 0 Å². The first-order chi connectivity index (χ1) is 19.3. The van der Waals surface area contributed by atoms with E-state index in [1.165, 1.54) is 44.5 Å². The van der Waals surface area contributed by atoms with E-state index >= 15 is 0 Å². The van der Waals surface area contributed by atoms with Gasteiger partial charge in [0, 0.05) is 0 Å². The van der Waals surface area contributed by atoms with Crippen LogP contribution in [0.2, 0.25) is 0 Å². The van der Waals surface area contributed by atoms with E-state index in [9.17, 15) is 0 Å². The molecule has 1 heteroatoms. The van der Waals surface area contributed by atoms with E-state index < -0.39 is 21.3 Å². The van der Waals surface area contributed by atoms with Gasteiger partial charge < -0.3 is 0 Å². The van der Waals surface area contributed by atoms with Crippen molar-refractivity contribution in [3.63, 3.8) is 0 Å². The van der Waals surface area contributed by atoms with Crippen LogP contribution in [0, 0.1) is 25.2 Å². The van der Waals surface area contributed by atoms with Crippen LogP contribution in [0.15, 0.2) is 112 Å². The van der Waals surface area contributed by atoms with Gasteiger partial charge in [0.05, 0.1) is 0 Å². The molecule has 2 aliphatic rings. The Kier molecular flexibility index (Phi) is 7.39. The molecule has 0 saturated carbocycles. The normalized spacial score (nSPS) is 15.8. The van der Waals surface area contributed by atoms with Gasteiger partial charge in [-0.15, -0.1) is 0 Å². The Bertz CT molecular complexity index is 1630. The quantitative estimate of drug-likeness (QED) is 0.189. The van der Waals surface area contributed by atoms with E-state index in [0.29, 0.717) is 5.92 Å². The topological polar surface area (TPSA) is 0 Å². The Balaban J connectivity index is 1.73. The molecule has 0 aliphatic heterocycles. The Morgan fingerprint density at radius 3 is 2.02 bits per heavy atom. The Labute approximate surface area is 248 Å². The summed E-state index contributed by atoms with van der Waals surface area (Å²) in [7, 11) is 0. The van der Waals surface area contributed by atoms with Crippen molar-refractivity contribution < 1.29 is 21.3 Å². The number of hydrogen-bond acceptors (Lipinski definition) is 0. The number of benzene rings is 4. The van der Waals surface area contributed by atoms with Crippen molar-refractivity contribution in [1.82, 2.24) is 0 Å². The van der Waals surface area contributed by atoms with E-state index in [1.807, 2.05) is 0 Å². The molecule has 0 fully saturated rings. The van der Waals surface area contributed by atoms with Gasteiger partial charge in [-0.2, -0.15) is 0 Å². The molecular weight excluding hydrogens is 560 g/mol. The fourth-order valence-corrected chi connectivity index (χ4v) is 15.7. The molecule has 4 aromatic rings. The van der Waals surface area contributed by atoms with Gasteiger partial charge in [-0.3, -0.25) is 0 Å². The molecule has 40 heavy (non-hydrogen) atoms. The van der Waals surface area contributed by atoms with Gasteiger partial charge in [0.25, 0.3) is 0 Å². The summed E-state index contributed by atoms with van der Waals surface area (Å²) in [5, 5.41) is 0. The molecule has 0 spiro atoms. The van der Waals surface area contributed by atoms with Crippen LogP contribution in [0.25, 0.3) is 11.1 Å². The molecule has 0 saturated heterocycles. The fraction of sp³-hybridized carbons (Fsp3) is 0.256. The van der Waals surface area contributed by atoms with Crippen molar-refractivity contribution in [3.05, 3.63) is 145 Å². The van der Waals surface area contributed by atoms with Crippen molar-refractivity contribution in [1.29, 1.82) is 0 Å². The molecule has 4 aromatic carbocycles. The molecule has 0 heterocycles. The zero-order chi connectivity index (χ0) is 28.0. The summed E-state index contributed by atoms with van der Waals surface area (Å²) >= 11 is -2.76. The second kappa shape index (κ2) is 10.8. The predicted molar refractivity (Wildman–Crippen MR) is 169 cm³/mol. The summed E-state index contributed by atoms with van der Waals surface area (Å²) in [6.07, 6.45) is 7.47. The number of rotatable bonds is 5. The summed E-state index contributed by atoms with van der Waals surface area (Å²) in [4.78, 5) is 0. The van der Waals surface area contributed by atoms with Gasteiger partial charge in [0.15, 0.2) is 0 Å².